The fourth-order valence-electron chi connectivity index (χ4n) is 4.81. The number of nitrogens with zero attached hydrogens (tertiary/aromatic N) is 1. The number of rotatable bonds is 6. The van der Waals surface area contributed by atoms with E-state index in [0.29, 0.717) is 37.5 Å². The zero-order valence-corrected chi connectivity index (χ0v) is 17.5. The summed E-state index contributed by atoms with van der Waals surface area (Å²) in [7, 11) is 0. The fourth-order valence-corrected chi connectivity index (χ4v) is 5.16. The maximum absolute atomic E-state index is 12.7. The van der Waals surface area contributed by atoms with Gasteiger partial charge >= 0.3 is 0 Å². The van der Waals surface area contributed by atoms with Crippen molar-refractivity contribution in [3.8, 4) is 0 Å². The highest BCUT2D eigenvalue weighted by Gasteiger charge is 2.39. The standard InChI is InChI=1S/C21H34ClN3O3/c22-16-2-1-3-18(10-16)28-13-14-4-8-19(23-11-14)24-21(27)15-5-9-20(26)25(12-15)17-6-7-17/h14-19,23H,1-13H2,(H,24,27). The third kappa shape index (κ3) is 5.39. The van der Waals surface area contributed by atoms with Crippen LogP contribution in [0.3, 0.4) is 0 Å². The summed E-state index contributed by atoms with van der Waals surface area (Å²) in [5.74, 6) is 0.766. The Morgan fingerprint density at radius 3 is 2.75 bits per heavy atom. The van der Waals surface area contributed by atoms with Crippen LogP contribution in [0.25, 0.3) is 0 Å². The first-order chi connectivity index (χ1) is 13.6. The minimum atomic E-state index is -0.0593. The van der Waals surface area contributed by atoms with Gasteiger partial charge in [-0.05, 0) is 63.7 Å². The molecule has 5 atom stereocenters. The van der Waals surface area contributed by atoms with Crippen molar-refractivity contribution in [2.24, 2.45) is 11.8 Å². The first-order valence-electron chi connectivity index (χ1n) is 11.2. The lowest BCUT2D eigenvalue weighted by atomic mass is 9.94. The first kappa shape index (κ1) is 20.4. The lowest BCUT2D eigenvalue weighted by molar-refractivity contribution is -0.139. The summed E-state index contributed by atoms with van der Waals surface area (Å²) >= 11 is 6.25. The third-order valence-electron chi connectivity index (χ3n) is 6.77. The van der Waals surface area contributed by atoms with Crippen LogP contribution in [-0.2, 0) is 14.3 Å². The van der Waals surface area contributed by atoms with Gasteiger partial charge in [-0.3, -0.25) is 14.9 Å². The molecule has 28 heavy (non-hydrogen) atoms. The van der Waals surface area contributed by atoms with E-state index in [-0.39, 0.29) is 29.3 Å². The van der Waals surface area contributed by atoms with Crippen LogP contribution < -0.4 is 10.6 Å². The Labute approximate surface area is 173 Å². The largest absolute Gasteiger partial charge is 0.378 e. The third-order valence-corrected chi connectivity index (χ3v) is 7.16. The molecular formula is C21H34ClN3O3. The van der Waals surface area contributed by atoms with Crippen LogP contribution in [0.5, 0.6) is 0 Å². The molecule has 0 bridgehead atoms. The van der Waals surface area contributed by atoms with Crippen molar-refractivity contribution in [1.82, 2.24) is 15.5 Å². The lowest BCUT2D eigenvalue weighted by Crippen LogP contribution is -2.54. The van der Waals surface area contributed by atoms with Gasteiger partial charge in [0, 0.05) is 30.9 Å². The van der Waals surface area contributed by atoms with E-state index in [1.54, 1.807) is 0 Å². The smallest absolute Gasteiger partial charge is 0.226 e. The van der Waals surface area contributed by atoms with Gasteiger partial charge in [0.15, 0.2) is 0 Å². The molecule has 2 aliphatic heterocycles. The first-order valence-corrected chi connectivity index (χ1v) is 11.6. The Bertz CT molecular complexity index is 563. The van der Waals surface area contributed by atoms with Crippen LogP contribution in [0.2, 0.25) is 0 Å². The van der Waals surface area contributed by atoms with E-state index in [9.17, 15) is 9.59 Å². The van der Waals surface area contributed by atoms with Gasteiger partial charge in [0.1, 0.15) is 0 Å². The van der Waals surface area contributed by atoms with Gasteiger partial charge in [-0.1, -0.05) is 0 Å². The molecule has 0 radical (unpaired) electrons. The quantitative estimate of drug-likeness (QED) is 0.658. The van der Waals surface area contributed by atoms with Crippen molar-refractivity contribution < 1.29 is 14.3 Å². The van der Waals surface area contributed by atoms with Crippen molar-refractivity contribution in [3.05, 3.63) is 0 Å². The predicted molar refractivity (Wildman–Crippen MR) is 108 cm³/mol. The summed E-state index contributed by atoms with van der Waals surface area (Å²) in [6.45, 7) is 2.25. The molecule has 5 unspecified atom stereocenters. The highest BCUT2D eigenvalue weighted by Crippen LogP contribution is 2.32. The number of hydrogen-bond donors (Lipinski definition) is 2. The van der Waals surface area contributed by atoms with E-state index in [4.69, 9.17) is 16.3 Å². The molecule has 0 aromatic carbocycles. The van der Waals surface area contributed by atoms with E-state index in [0.717, 1.165) is 58.1 Å². The number of halogens is 1. The van der Waals surface area contributed by atoms with Crippen molar-refractivity contribution in [2.75, 3.05) is 19.7 Å². The molecule has 2 saturated heterocycles. The minimum absolute atomic E-state index is 0.0395. The number of nitrogens with one attached hydrogen (secondary N) is 2. The number of alkyl halides is 1. The summed E-state index contributed by atoms with van der Waals surface area (Å²) in [6, 6.07) is 0.398. The molecule has 4 fully saturated rings. The number of likely N-dealkylation sites (tertiary alicyclic amines) is 1. The molecule has 6 nitrogen and oxygen atoms in total. The van der Waals surface area contributed by atoms with Crippen LogP contribution in [0.4, 0.5) is 0 Å². The molecule has 2 N–H and O–H groups in total. The molecule has 2 heterocycles. The number of ether oxygens (including phenoxy) is 1. The average Bonchev–Trinajstić information content (AvgIpc) is 3.53. The monoisotopic (exact) mass is 411 g/mol. The second-order valence-corrected chi connectivity index (χ2v) is 9.76. The van der Waals surface area contributed by atoms with Gasteiger partial charge in [-0.15, -0.1) is 11.6 Å². The molecule has 2 aliphatic carbocycles. The van der Waals surface area contributed by atoms with Gasteiger partial charge in [0.05, 0.1) is 24.8 Å². The Morgan fingerprint density at radius 1 is 1.18 bits per heavy atom. The molecule has 0 aromatic heterocycles. The molecule has 2 amide bonds. The van der Waals surface area contributed by atoms with Crippen molar-refractivity contribution in [2.45, 2.75) is 87.9 Å². The average molecular weight is 412 g/mol. The number of amides is 2. The summed E-state index contributed by atoms with van der Waals surface area (Å²) < 4.78 is 6.11. The lowest BCUT2D eigenvalue weighted by Gasteiger charge is -2.35. The van der Waals surface area contributed by atoms with Gasteiger partial charge in [-0.2, -0.15) is 0 Å². The summed E-state index contributed by atoms with van der Waals surface area (Å²) in [5.41, 5.74) is 0. The van der Waals surface area contributed by atoms with Crippen LogP contribution in [0.15, 0.2) is 0 Å². The topological polar surface area (TPSA) is 70.7 Å². The maximum Gasteiger partial charge on any atom is 0.226 e. The van der Waals surface area contributed by atoms with E-state index >= 15 is 0 Å². The second kappa shape index (κ2) is 9.31. The van der Waals surface area contributed by atoms with E-state index < -0.39 is 0 Å². The van der Waals surface area contributed by atoms with E-state index in [1.165, 1.54) is 6.42 Å². The number of piperidine rings is 2. The number of carbonyl (C=O) groups excluding carboxylic acids is 2. The molecule has 4 rings (SSSR count). The van der Waals surface area contributed by atoms with Crippen molar-refractivity contribution in [3.63, 3.8) is 0 Å². The van der Waals surface area contributed by atoms with Crippen LogP contribution >= 0.6 is 11.6 Å². The number of carbonyl (C=O) groups is 2. The molecular weight excluding hydrogens is 378 g/mol. The van der Waals surface area contributed by atoms with Gasteiger partial charge in [0.2, 0.25) is 11.8 Å². The van der Waals surface area contributed by atoms with Crippen molar-refractivity contribution >= 4 is 23.4 Å². The van der Waals surface area contributed by atoms with Gasteiger partial charge in [-0.25, -0.2) is 0 Å². The Morgan fingerprint density at radius 2 is 2.04 bits per heavy atom. The summed E-state index contributed by atoms with van der Waals surface area (Å²) in [6.07, 6.45) is 10.1. The Kier molecular flexibility index (Phi) is 6.79. The molecule has 0 aromatic rings. The van der Waals surface area contributed by atoms with Crippen LogP contribution in [-0.4, -0.2) is 60.1 Å². The summed E-state index contributed by atoms with van der Waals surface area (Å²) in [4.78, 5) is 26.6. The molecule has 4 aliphatic rings. The zero-order chi connectivity index (χ0) is 19.5. The van der Waals surface area contributed by atoms with E-state index in [2.05, 4.69) is 10.6 Å². The highest BCUT2D eigenvalue weighted by molar-refractivity contribution is 6.20. The van der Waals surface area contributed by atoms with Gasteiger partial charge < -0.3 is 15.0 Å². The maximum atomic E-state index is 12.7. The Balaban J connectivity index is 1.15. The van der Waals surface area contributed by atoms with Gasteiger partial charge in [0.25, 0.3) is 0 Å². The van der Waals surface area contributed by atoms with Crippen LogP contribution in [0, 0.1) is 11.8 Å². The normalized spacial score (nSPS) is 37.0. The molecule has 158 valence electrons. The minimum Gasteiger partial charge on any atom is -0.378 e. The van der Waals surface area contributed by atoms with E-state index in [1.807, 2.05) is 4.90 Å². The fraction of sp³-hybridized carbons (Fsp3) is 0.905. The second-order valence-electron chi connectivity index (χ2n) is 9.14. The summed E-state index contributed by atoms with van der Waals surface area (Å²) in [5, 5.41) is 6.91. The SMILES string of the molecule is O=C(NC1CCC(COC2CCCC(Cl)C2)CN1)C1CCC(=O)N(C2CC2)C1. The molecule has 7 heteroatoms. The number of hydrogen-bond acceptors (Lipinski definition) is 4. The molecule has 2 saturated carbocycles. The van der Waals surface area contributed by atoms with Crippen molar-refractivity contribution in [1.29, 1.82) is 0 Å². The zero-order valence-electron chi connectivity index (χ0n) is 16.7. The highest BCUT2D eigenvalue weighted by atomic mass is 35.5. The predicted octanol–water partition coefficient (Wildman–Crippen LogP) is 2.40. The van der Waals surface area contributed by atoms with Crippen LogP contribution in [0.1, 0.15) is 64.2 Å². The Hall–Kier alpha value is -0.850. The molecule has 0 spiro atoms.